The molecule has 1 unspecified atom stereocenters. The van der Waals surface area contributed by atoms with Gasteiger partial charge in [0.25, 0.3) is 5.91 Å². The van der Waals surface area contributed by atoms with Gasteiger partial charge in [-0.1, -0.05) is 25.6 Å². The monoisotopic (exact) mass is 388 g/mol. The van der Waals surface area contributed by atoms with Crippen LogP contribution < -0.4 is 10.6 Å². The molecule has 2 aromatic heterocycles. The Morgan fingerprint density at radius 1 is 1.38 bits per heavy atom. The Kier molecular flexibility index (Phi) is 4.82. The van der Waals surface area contributed by atoms with Gasteiger partial charge in [0.2, 0.25) is 0 Å². The molecule has 1 saturated heterocycles. The molecule has 1 aliphatic heterocycles. The highest BCUT2D eigenvalue weighted by Gasteiger charge is 2.37. The number of hydrogen-bond donors (Lipinski definition) is 3. The number of pyridine rings is 1. The summed E-state index contributed by atoms with van der Waals surface area (Å²) >= 11 is 0. The van der Waals surface area contributed by atoms with E-state index in [1.54, 1.807) is 0 Å². The molecule has 0 bridgehead atoms. The molecule has 1 fully saturated rings. The number of amides is 1. The summed E-state index contributed by atoms with van der Waals surface area (Å²) in [5.74, 6) is -1.97. The van der Waals surface area contributed by atoms with Crippen molar-refractivity contribution in [3.05, 3.63) is 29.5 Å². The summed E-state index contributed by atoms with van der Waals surface area (Å²) in [6.45, 7) is 4.55. The van der Waals surface area contributed by atoms with Crippen molar-refractivity contribution in [2.45, 2.75) is 44.3 Å². The fourth-order valence-corrected chi connectivity index (χ4v) is 5.26. The molecule has 3 rings (SSSR count). The Morgan fingerprint density at radius 3 is 2.81 bits per heavy atom. The number of H-pyrrole nitrogens is 1. The first kappa shape index (κ1) is 18.8. The number of fused-ring (bicyclic) bond motifs is 1. The summed E-state index contributed by atoms with van der Waals surface area (Å²) in [7, 11) is -1.31. The second-order valence-electron chi connectivity index (χ2n) is 7.39. The summed E-state index contributed by atoms with van der Waals surface area (Å²) < 4.78 is 52.4. The summed E-state index contributed by atoms with van der Waals surface area (Å²) in [5, 5.41) is 5.84. The average molecular weight is 388 g/mol. The Morgan fingerprint density at radius 2 is 2.12 bits per heavy atom. The first-order chi connectivity index (χ1) is 12.1. The minimum atomic E-state index is -4.89. The maximum atomic E-state index is 14.1. The Bertz CT molecular complexity index is 833. The van der Waals surface area contributed by atoms with Crippen molar-refractivity contribution >= 4 is 24.9 Å². The molecule has 5 nitrogen and oxygen atoms in total. The van der Waals surface area contributed by atoms with E-state index in [2.05, 4.69) is 33.7 Å². The normalized spacial score (nSPS) is 20.8. The Labute approximate surface area is 148 Å². The lowest BCUT2D eigenvalue weighted by atomic mass is 10.2. The maximum absolute atomic E-state index is 14.1. The third-order valence-corrected chi connectivity index (χ3v) is 7.48. The highest BCUT2D eigenvalue weighted by atomic mass is 28.3. The highest BCUT2D eigenvalue weighted by molar-refractivity contribution is 6.77. The quantitative estimate of drug-likeness (QED) is 0.546. The van der Waals surface area contributed by atoms with E-state index >= 15 is 0 Å². The van der Waals surface area contributed by atoms with Crippen LogP contribution >= 0.6 is 0 Å². The summed E-state index contributed by atoms with van der Waals surface area (Å²) in [4.78, 5) is 18.2. The van der Waals surface area contributed by atoms with Gasteiger partial charge >= 0.3 is 6.18 Å². The predicted octanol–water partition coefficient (Wildman–Crippen LogP) is 3.41. The van der Waals surface area contributed by atoms with Crippen LogP contribution in [-0.4, -0.2) is 36.3 Å². The van der Waals surface area contributed by atoms with Gasteiger partial charge in [-0.15, -0.1) is 0 Å². The van der Waals surface area contributed by atoms with Crippen molar-refractivity contribution in [2.75, 3.05) is 6.17 Å². The lowest BCUT2D eigenvalue weighted by Gasteiger charge is -2.21. The van der Waals surface area contributed by atoms with Crippen molar-refractivity contribution in [2.24, 2.45) is 0 Å². The van der Waals surface area contributed by atoms with Crippen LogP contribution in [0.3, 0.4) is 0 Å². The fourth-order valence-electron chi connectivity index (χ4n) is 3.12. The van der Waals surface area contributed by atoms with E-state index in [0.717, 1.165) is 37.3 Å². The average Bonchev–Trinajstić information content (AvgIpc) is 2.89. The molecule has 0 aromatic carbocycles. The van der Waals surface area contributed by atoms with Crippen LogP contribution in [0.1, 0.15) is 29.0 Å². The number of aromatic nitrogens is 2. The first-order valence-corrected chi connectivity index (χ1v) is 11.8. The number of carbonyl (C=O) groups is 1. The minimum absolute atomic E-state index is 0.00239. The van der Waals surface area contributed by atoms with Crippen LogP contribution in [0.25, 0.3) is 10.9 Å². The van der Waals surface area contributed by atoms with Gasteiger partial charge in [0.15, 0.2) is 11.5 Å². The lowest BCUT2D eigenvalue weighted by Crippen LogP contribution is -2.49. The molecule has 10 heteroatoms. The third-order valence-electron chi connectivity index (χ3n) is 4.61. The van der Waals surface area contributed by atoms with Crippen molar-refractivity contribution in [3.63, 3.8) is 0 Å². The third kappa shape index (κ3) is 3.90. The number of carbonyl (C=O) groups excluding carboxylic acids is 1. The van der Waals surface area contributed by atoms with Gasteiger partial charge in [-0.05, 0) is 18.7 Å². The molecule has 0 aliphatic carbocycles. The molecule has 1 aliphatic rings. The molecule has 3 heterocycles. The number of alkyl halides is 3. The summed E-state index contributed by atoms with van der Waals surface area (Å²) in [6.07, 6.45) is -1.57. The van der Waals surface area contributed by atoms with Crippen molar-refractivity contribution in [3.8, 4) is 0 Å². The van der Waals surface area contributed by atoms with Gasteiger partial charge < -0.3 is 15.6 Å². The molecule has 0 spiro atoms. The van der Waals surface area contributed by atoms with E-state index in [-0.39, 0.29) is 22.8 Å². The topological polar surface area (TPSA) is 69.8 Å². The van der Waals surface area contributed by atoms with Crippen molar-refractivity contribution < 1.29 is 22.4 Å². The van der Waals surface area contributed by atoms with E-state index < -0.39 is 31.7 Å². The molecular weight excluding hydrogens is 368 g/mol. The molecule has 142 valence electrons. The van der Waals surface area contributed by atoms with Gasteiger partial charge in [-0.25, -0.2) is 9.37 Å². The van der Waals surface area contributed by atoms with Gasteiger partial charge in [0.1, 0.15) is 5.69 Å². The Balaban J connectivity index is 1.80. The minimum Gasteiger partial charge on any atom is -0.349 e. The van der Waals surface area contributed by atoms with Gasteiger partial charge in [-0.3, -0.25) is 4.79 Å². The molecule has 0 radical (unpaired) electrons. The van der Waals surface area contributed by atoms with E-state index in [9.17, 15) is 22.4 Å². The highest BCUT2D eigenvalue weighted by Crippen LogP contribution is 2.32. The van der Waals surface area contributed by atoms with E-state index in [4.69, 9.17) is 0 Å². The smallest absolute Gasteiger partial charge is 0.349 e. The largest absolute Gasteiger partial charge is 0.436 e. The van der Waals surface area contributed by atoms with Crippen LogP contribution in [0.5, 0.6) is 0 Å². The zero-order valence-electron chi connectivity index (χ0n) is 14.4. The number of aromatic amines is 1. The molecule has 1 atom stereocenters. The van der Waals surface area contributed by atoms with Gasteiger partial charge in [-0.2, -0.15) is 13.2 Å². The Hall–Kier alpha value is -1.94. The zero-order chi connectivity index (χ0) is 19.1. The van der Waals surface area contributed by atoms with Crippen LogP contribution in [0.15, 0.2) is 12.3 Å². The van der Waals surface area contributed by atoms with Gasteiger partial charge in [0.05, 0.1) is 26.0 Å². The molecule has 3 N–H and O–H groups in total. The van der Waals surface area contributed by atoms with Crippen LogP contribution in [0, 0.1) is 5.82 Å². The predicted molar refractivity (Wildman–Crippen MR) is 91.8 cm³/mol. The molecule has 26 heavy (non-hydrogen) atoms. The van der Waals surface area contributed by atoms with E-state index in [0.29, 0.717) is 0 Å². The molecule has 0 saturated carbocycles. The number of halogens is 4. The summed E-state index contributed by atoms with van der Waals surface area (Å²) in [6, 6.07) is 2.25. The second-order valence-corrected chi connectivity index (χ2v) is 12.6. The second kappa shape index (κ2) is 6.65. The molecule has 2 aromatic rings. The van der Waals surface area contributed by atoms with E-state index in [1.165, 1.54) is 0 Å². The van der Waals surface area contributed by atoms with Crippen molar-refractivity contribution in [1.82, 2.24) is 20.6 Å². The zero-order valence-corrected chi connectivity index (χ0v) is 15.4. The number of nitrogens with one attached hydrogen (secondary N) is 3. The molecule has 1 amide bonds. The number of nitrogens with zero attached hydrogens (tertiary/aromatic N) is 1. The van der Waals surface area contributed by atoms with Crippen molar-refractivity contribution in [1.29, 1.82) is 0 Å². The van der Waals surface area contributed by atoms with Gasteiger partial charge in [0, 0.05) is 5.39 Å². The lowest BCUT2D eigenvalue weighted by molar-refractivity contribution is -0.143. The SMILES string of the molecule is C[Si]1(C)CCCC(NC(=O)c2cc3c(F)c(C(F)(F)F)ncc3[nH]2)NC1. The maximum Gasteiger partial charge on any atom is 0.436 e. The standard InChI is InChI=1S/C16H20F4N4OSi/c1-26(2)5-3-4-12(22-8-26)24-15(25)10-6-9-11(23-10)7-21-14(13(9)17)16(18,19)20/h6-7,12,22-23H,3-5,8H2,1-2H3,(H,24,25). The summed E-state index contributed by atoms with van der Waals surface area (Å²) in [5.41, 5.74) is -1.54. The number of rotatable bonds is 2. The first-order valence-electron chi connectivity index (χ1n) is 8.35. The fraction of sp³-hybridized carbons (Fsp3) is 0.500. The number of hydrogen-bond acceptors (Lipinski definition) is 3. The molecular formula is C16H20F4N4OSi. The van der Waals surface area contributed by atoms with Crippen LogP contribution in [0.2, 0.25) is 19.1 Å². The van der Waals surface area contributed by atoms with Crippen LogP contribution in [-0.2, 0) is 6.18 Å². The van der Waals surface area contributed by atoms with E-state index in [1.807, 2.05) is 0 Å². The van der Waals surface area contributed by atoms with Crippen LogP contribution in [0.4, 0.5) is 17.6 Å².